The normalized spacial score (nSPS) is 24.2. The summed E-state index contributed by atoms with van der Waals surface area (Å²) >= 11 is 0. The topological polar surface area (TPSA) is 50.4 Å². The zero-order valence-corrected chi connectivity index (χ0v) is 12.0. The van der Waals surface area contributed by atoms with Gasteiger partial charge in [-0.1, -0.05) is 37.5 Å². The summed E-state index contributed by atoms with van der Waals surface area (Å²) < 4.78 is 0. The van der Waals surface area contributed by atoms with Crippen molar-refractivity contribution in [2.75, 3.05) is 11.9 Å². The number of hydrogen-bond donors (Lipinski definition) is 2. The van der Waals surface area contributed by atoms with Gasteiger partial charge in [0.2, 0.25) is 0 Å². The third-order valence-electron chi connectivity index (χ3n) is 3.89. The van der Waals surface area contributed by atoms with Crippen LogP contribution in [0, 0.1) is 18.8 Å². The zero-order valence-electron chi connectivity index (χ0n) is 12.0. The molecule has 1 fully saturated rings. The van der Waals surface area contributed by atoms with Crippen LogP contribution in [0.4, 0.5) is 5.69 Å². The van der Waals surface area contributed by atoms with Gasteiger partial charge in [-0.05, 0) is 43.7 Å². The second-order valence-electron chi connectivity index (χ2n) is 5.85. The summed E-state index contributed by atoms with van der Waals surface area (Å²) in [5.41, 5.74) is 8.19. The van der Waals surface area contributed by atoms with E-state index in [-0.39, 0.29) is 0 Å². The van der Waals surface area contributed by atoms with Crippen molar-refractivity contribution in [3.05, 3.63) is 29.8 Å². The van der Waals surface area contributed by atoms with Crippen LogP contribution in [0.25, 0.3) is 0 Å². The number of guanidine groups is 1. The smallest absolute Gasteiger partial charge is 0.193 e. The highest BCUT2D eigenvalue weighted by molar-refractivity contribution is 5.92. The summed E-state index contributed by atoms with van der Waals surface area (Å²) in [6.07, 6.45) is 5.30. The van der Waals surface area contributed by atoms with E-state index >= 15 is 0 Å². The fraction of sp³-hybridized carbons (Fsp3) is 0.562. The number of aryl methyl sites for hydroxylation is 1. The summed E-state index contributed by atoms with van der Waals surface area (Å²) in [4.78, 5) is 4.48. The van der Waals surface area contributed by atoms with E-state index in [4.69, 9.17) is 5.73 Å². The molecular formula is C16H25N3. The molecule has 0 saturated heterocycles. The molecule has 104 valence electrons. The molecule has 0 heterocycles. The molecule has 19 heavy (non-hydrogen) atoms. The largest absolute Gasteiger partial charge is 0.370 e. The van der Waals surface area contributed by atoms with Crippen molar-refractivity contribution in [2.45, 2.75) is 39.5 Å². The molecule has 0 bridgehead atoms. The molecule has 2 rings (SSSR count). The Hall–Kier alpha value is -1.51. The van der Waals surface area contributed by atoms with Crippen molar-refractivity contribution in [1.29, 1.82) is 0 Å². The maximum atomic E-state index is 5.93. The highest BCUT2D eigenvalue weighted by Gasteiger charge is 2.18. The Morgan fingerprint density at radius 3 is 2.74 bits per heavy atom. The van der Waals surface area contributed by atoms with Crippen molar-refractivity contribution in [2.24, 2.45) is 22.6 Å². The van der Waals surface area contributed by atoms with E-state index < -0.39 is 0 Å². The molecule has 2 unspecified atom stereocenters. The monoisotopic (exact) mass is 259 g/mol. The number of nitrogens with zero attached hydrogens (tertiary/aromatic N) is 1. The van der Waals surface area contributed by atoms with Gasteiger partial charge in [0.05, 0.1) is 0 Å². The van der Waals surface area contributed by atoms with E-state index in [2.05, 4.69) is 36.3 Å². The quantitative estimate of drug-likeness (QED) is 0.644. The maximum absolute atomic E-state index is 5.93. The first kappa shape index (κ1) is 13.9. The Balaban J connectivity index is 1.83. The number of hydrogen-bond acceptors (Lipinski definition) is 1. The van der Waals surface area contributed by atoms with Gasteiger partial charge >= 0.3 is 0 Å². The average molecular weight is 259 g/mol. The molecule has 0 aromatic heterocycles. The lowest BCUT2D eigenvalue weighted by molar-refractivity contribution is 0.289. The molecule has 0 aliphatic heterocycles. The first-order chi connectivity index (χ1) is 9.13. The van der Waals surface area contributed by atoms with Gasteiger partial charge < -0.3 is 11.1 Å². The van der Waals surface area contributed by atoms with Crippen LogP contribution in [-0.2, 0) is 0 Å². The molecule has 1 aliphatic carbocycles. The Morgan fingerprint density at radius 1 is 1.32 bits per heavy atom. The van der Waals surface area contributed by atoms with Crippen LogP contribution in [0.5, 0.6) is 0 Å². The van der Waals surface area contributed by atoms with Gasteiger partial charge in [-0.3, -0.25) is 4.99 Å². The lowest BCUT2D eigenvalue weighted by Crippen LogP contribution is -2.25. The number of aliphatic imine (C=N–C) groups is 1. The number of benzene rings is 1. The van der Waals surface area contributed by atoms with Crippen molar-refractivity contribution >= 4 is 11.6 Å². The van der Waals surface area contributed by atoms with Crippen LogP contribution in [0.3, 0.4) is 0 Å². The average Bonchev–Trinajstić information content (AvgIpc) is 2.39. The third kappa shape index (κ3) is 4.58. The minimum Gasteiger partial charge on any atom is -0.370 e. The van der Waals surface area contributed by atoms with E-state index in [0.29, 0.717) is 11.9 Å². The molecule has 3 nitrogen and oxygen atoms in total. The van der Waals surface area contributed by atoms with Gasteiger partial charge in [0.25, 0.3) is 0 Å². The Kier molecular flexibility index (Phi) is 4.83. The van der Waals surface area contributed by atoms with Crippen molar-refractivity contribution in [1.82, 2.24) is 0 Å². The van der Waals surface area contributed by atoms with Crippen molar-refractivity contribution < 1.29 is 0 Å². The number of nitrogens with one attached hydrogen (secondary N) is 1. The maximum Gasteiger partial charge on any atom is 0.193 e. The van der Waals surface area contributed by atoms with Crippen LogP contribution in [0.2, 0.25) is 0 Å². The summed E-state index contributed by atoms with van der Waals surface area (Å²) in [6.45, 7) is 5.27. The van der Waals surface area contributed by atoms with E-state index in [1.165, 1.54) is 31.2 Å². The molecule has 0 radical (unpaired) electrons. The zero-order chi connectivity index (χ0) is 13.7. The number of rotatable bonds is 3. The fourth-order valence-electron chi connectivity index (χ4n) is 2.78. The summed E-state index contributed by atoms with van der Waals surface area (Å²) in [5.74, 6) is 2.09. The minimum absolute atomic E-state index is 0.530. The summed E-state index contributed by atoms with van der Waals surface area (Å²) in [6, 6.07) is 8.19. The predicted molar refractivity (Wildman–Crippen MR) is 82.4 cm³/mol. The number of anilines is 1. The molecular weight excluding hydrogens is 234 g/mol. The van der Waals surface area contributed by atoms with Gasteiger partial charge in [-0.15, -0.1) is 0 Å². The van der Waals surface area contributed by atoms with Gasteiger partial charge in [0.15, 0.2) is 5.96 Å². The standard InChI is InChI=1S/C16H25N3/c1-12-6-8-15(9-7-12)19-16(17)18-11-14-5-3-4-13(2)10-14/h6-9,13-14H,3-5,10-11H2,1-2H3,(H3,17,18,19). The minimum atomic E-state index is 0.530. The van der Waals surface area contributed by atoms with Crippen molar-refractivity contribution in [3.8, 4) is 0 Å². The fourth-order valence-corrected chi connectivity index (χ4v) is 2.78. The van der Waals surface area contributed by atoms with Gasteiger partial charge in [0.1, 0.15) is 0 Å². The van der Waals surface area contributed by atoms with E-state index in [1.54, 1.807) is 0 Å². The second kappa shape index (κ2) is 6.60. The van der Waals surface area contributed by atoms with Crippen LogP contribution in [0.15, 0.2) is 29.3 Å². The van der Waals surface area contributed by atoms with E-state index in [9.17, 15) is 0 Å². The molecule has 1 saturated carbocycles. The molecule has 3 heteroatoms. The predicted octanol–water partition coefficient (Wildman–Crippen LogP) is 3.55. The SMILES string of the molecule is Cc1ccc(NC(N)=NCC2CCCC(C)C2)cc1. The van der Waals surface area contributed by atoms with Crippen molar-refractivity contribution in [3.63, 3.8) is 0 Å². The Morgan fingerprint density at radius 2 is 2.05 bits per heavy atom. The Labute approximate surface area is 116 Å². The summed E-state index contributed by atoms with van der Waals surface area (Å²) in [5, 5.41) is 3.15. The summed E-state index contributed by atoms with van der Waals surface area (Å²) in [7, 11) is 0. The molecule has 1 aromatic rings. The third-order valence-corrected chi connectivity index (χ3v) is 3.89. The first-order valence-electron chi connectivity index (χ1n) is 7.27. The molecule has 1 aromatic carbocycles. The molecule has 3 N–H and O–H groups in total. The van der Waals surface area contributed by atoms with E-state index in [1.807, 2.05) is 12.1 Å². The molecule has 0 spiro atoms. The highest BCUT2D eigenvalue weighted by Crippen LogP contribution is 2.28. The molecule has 1 aliphatic rings. The lowest BCUT2D eigenvalue weighted by Gasteiger charge is -2.25. The van der Waals surface area contributed by atoms with Gasteiger partial charge in [-0.2, -0.15) is 0 Å². The second-order valence-corrected chi connectivity index (χ2v) is 5.85. The van der Waals surface area contributed by atoms with Gasteiger partial charge in [0, 0.05) is 12.2 Å². The van der Waals surface area contributed by atoms with E-state index in [0.717, 1.165) is 18.2 Å². The van der Waals surface area contributed by atoms with Crippen LogP contribution in [-0.4, -0.2) is 12.5 Å². The van der Waals surface area contributed by atoms with Crippen LogP contribution < -0.4 is 11.1 Å². The van der Waals surface area contributed by atoms with Crippen LogP contribution in [0.1, 0.15) is 38.2 Å². The first-order valence-corrected chi connectivity index (χ1v) is 7.27. The highest BCUT2D eigenvalue weighted by atomic mass is 15.1. The molecule has 0 amide bonds. The van der Waals surface area contributed by atoms with Gasteiger partial charge in [-0.25, -0.2) is 0 Å². The number of nitrogens with two attached hydrogens (primary N) is 1. The van der Waals surface area contributed by atoms with Crippen LogP contribution >= 0.6 is 0 Å². The molecule has 2 atom stereocenters. The Bertz CT molecular complexity index is 422. The lowest BCUT2D eigenvalue weighted by atomic mass is 9.82.